The first kappa shape index (κ1) is 19.8. The van der Waals surface area contributed by atoms with Gasteiger partial charge in [-0.25, -0.2) is 9.97 Å². The zero-order valence-electron chi connectivity index (χ0n) is 15.7. The van der Waals surface area contributed by atoms with Crippen LogP contribution >= 0.6 is 11.6 Å². The van der Waals surface area contributed by atoms with Gasteiger partial charge < -0.3 is 24.3 Å². The first-order chi connectivity index (χ1) is 14.3. The van der Waals surface area contributed by atoms with Crippen molar-refractivity contribution in [3.8, 4) is 0 Å². The van der Waals surface area contributed by atoms with E-state index in [1.807, 2.05) is 6.92 Å². The Morgan fingerprint density at radius 3 is 2.80 bits per heavy atom. The Morgan fingerprint density at radius 2 is 2.00 bits per heavy atom. The summed E-state index contributed by atoms with van der Waals surface area (Å²) in [7, 11) is 0. The Kier molecular flexibility index (Phi) is 4.57. The number of hydrogen-bond acceptors (Lipinski definition) is 6. The molecule has 0 aliphatic carbocycles. The summed E-state index contributed by atoms with van der Waals surface area (Å²) in [6.45, 7) is 0.952. The number of fused-ring (bicyclic) bond motifs is 2. The summed E-state index contributed by atoms with van der Waals surface area (Å²) in [5.74, 6) is -3.22. The fraction of sp³-hybridized carbons (Fsp3) is 0.400. The van der Waals surface area contributed by atoms with Gasteiger partial charge in [-0.15, -0.1) is 0 Å². The van der Waals surface area contributed by atoms with Crippen molar-refractivity contribution in [2.75, 3.05) is 6.61 Å². The van der Waals surface area contributed by atoms with Crippen LogP contribution in [0.5, 0.6) is 0 Å². The number of hydrogen-bond donors (Lipinski definition) is 2. The summed E-state index contributed by atoms with van der Waals surface area (Å²) in [6, 6.07) is 5.90. The summed E-state index contributed by atoms with van der Waals surface area (Å²) in [5, 5.41) is 22.3. The number of halogens is 3. The Bertz CT molecular complexity index is 1120. The first-order valence-electron chi connectivity index (χ1n) is 9.37. The van der Waals surface area contributed by atoms with Crippen LogP contribution in [0.3, 0.4) is 0 Å². The number of aryl methyl sites for hydroxylation is 1. The maximum Gasteiger partial charge on any atom is 0.296 e. The van der Waals surface area contributed by atoms with Crippen LogP contribution in [0.25, 0.3) is 11.0 Å². The highest BCUT2D eigenvalue weighted by Gasteiger charge is 2.52. The quantitative estimate of drug-likeness (QED) is 0.641. The van der Waals surface area contributed by atoms with Gasteiger partial charge in [-0.3, -0.25) is 0 Å². The van der Waals surface area contributed by atoms with E-state index in [2.05, 4.69) is 9.97 Å². The predicted octanol–water partition coefficient (Wildman–Crippen LogP) is 2.88. The SMILES string of the molecule is Cc1ncnc2c1ccn2[C@@H]1O[C@H]([C@@H]2OCC(F)(F)c3cc(Cl)ccc32)[C@@H](O)[C@H]1O. The minimum atomic E-state index is -3.22. The standard InChI is InChI=1S/C20H18ClF2N3O4/c1-9-11-4-5-26(18(11)25-8-24-9)19-15(28)14(27)17(30-19)16-12-3-2-10(21)6-13(12)20(22,23)7-29-16/h2-6,8,14-17,19,27-28H,7H2,1H3/t14-,15+,16+,17-,19+/m0/s1. The largest absolute Gasteiger partial charge is 0.387 e. The van der Waals surface area contributed by atoms with Crippen molar-refractivity contribution in [1.29, 1.82) is 0 Å². The van der Waals surface area contributed by atoms with Crippen molar-refractivity contribution < 1.29 is 28.5 Å². The number of nitrogens with zero attached hydrogens (tertiary/aromatic N) is 3. The highest BCUT2D eigenvalue weighted by atomic mass is 35.5. The highest BCUT2D eigenvalue weighted by Crippen LogP contribution is 2.46. The Hall–Kier alpha value is -2.17. The van der Waals surface area contributed by atoms with Gasteiger partial charge in [0.2, 0.25) is 0 Å². The zero-order chi connectivity index (χ0) is 21.2. The summed E-state index contributed by atoms with van der Waals surface area (Å²) < 4.78 is 41.7. The van der Waals surface area contributed by atoms with Crippen LogP contribution in [0.15, 0.2) is 36.8 Å². The molecule has 2 aromatic heterocycles. The topological polar surface area (TPSA) is 89.6 Å². The van der Waals surface area contributed by atoms with Gasteiger partial charge in [0, 0.05) is 22.2 Å². The monoisotopic (exact) mass is 437 g/mol. The molecule has 0 amide bonds. The van der Waals surface area contributed by atoms with Crippen LogP contribution in [0, 0.1) is 6.92 Å². The number of rotatable bonds is 2. The van der Waals surface area contributed by atoms with Crippen LogP contribution in [-0.2, 0) is 15.4 Å². The van der Waals surface area contributed by atoms with Crippen molar-refractivity contribution in [2.45, 2.75) is 43.5 Å². The molecule has 2 aliphatic rings. The van der Waals surface area contributed by atoms with E-state index in [4.69, 9.17) is 21.1 Å². The highest BCUT2D eigenvalue weighted by molar-refractivity contribution is 6.30. The lowest BCUT2D eigenvalue weighted by molar-refractivity contribution is -0.170. The smallest absolute Gasteiger partial charge is 0.296 e. The lowest BCUT2D eigenvalue weighted by Crippen LogP contribution is -2.40. The van der Waals surface area contributed by atoms with Crippen molar-refractivity contribution in [2.24, 2.45) is 0 Å². The van der Waals surface area contributed by atoms with Gasteiger partial charge in [-0.1, -0.05) is 17.7 Å². The van der Waals surface area contributed by atoms with E-state index in [0.717, 1.165) is 11.1 Å². The van der Waals surface area contributed by atoms with Gasteiger partial charge in [0.15, 0.2) is 6.23 Å². The van der Waals surface area contributed by atoms with E-state index in [9.17, 15) is 19.0 Å². The van der Waals surface area contributed by atoms with E-state index in [-0.39, 0.29) is 16.1 Å². The molecule has 5 rings (SSSR count). The van der Waals surface area contributed by atoms with Crippen molar-refractivity contribution in [1.82, 2.24) is 14.5 Å². The van der Waals surface area contributed by atoms with Crippen molar-refractivity contribution in [3.63, 3.8) is 0 Å². The molecule has 1 saturated heterocycles. The molecule has 3 aromatic rings. The van der Waals surface area contributed by atoms with Crippen LogP contribution in [0.1, 0.15) is 29.2 Å². The van der Waals surface area contributed by atoms with E-state index in [1.54, 1.807) is 16.8 Å². The molecule has 158 valence electrons. The molecule has 30 heavy (non-hydrogen) atoms. The van der Waals surface area contributed by atoms with E-state index in [0.29, 0.717) is 5.65 Å². The second-order valence-electron chi connectivity index (χ2n) is 7.56. The third kappa shape index (κ3) is 2.92. The summed E-state index contributed by atoms with van der Waals surface area (Å²) >= 11 is 5.91. The van der Waals surface area contributed by atoms with Gasteiger partial charge in [0.05, 0.1) is 5.69 Å². The molecule has 0 bridgehead atoms. The lowest BCUT2D eigenvalue weighted by Gasteiger charge is -2.35. The molecular weight excluding hydrogens is 420 g/mol. The van der Waals surface area contributed by atoms with Crippen LogP contribution in [0.4, 0.5) is 8.78 Å². The van der Waals surface area contributed by atoms with Gasteiger partial charge in [-0.2, -0.15) is 8.78 Å². The zero-order valence-corrected chi connectivity index (χ0v) is 16.5. The normalized spacial score (nSPS) is 30.5. The van der Waals surface area contributed by atoms with Gasteiger partial charge in [0.25, 0.3) is 5.92 Å². The number of aliphatic hydroxyl groups is 2. The van der Waals surface area contributed by atoms with Crippen molar-refractivity contribution >= 4 is 22.6 Å². The van der Waals surface area contributed by atoms with Crippen LogP contribution < -0.4 is 0 Å². The summed E-state index contributed by atoms with van der Waals surface area (Å²) in [5.41, 5.74) is 1.19. The van der Waals surface area contributed by atoms with Gasteiger partial charge >= 0.3 is 0 Å². The molecule has 0 radical (unpaired) electrons. The molecule has 5 atom stereocenters. The molecule has 4 heterocycles. The second-order valence-corrected chi connectivity index (χ2v) is 8.00. The minimum Gasteiger partial charge on any atom is -0.387 e. The molecule has 2 aliphatic heterocycles. The molecule has 0 unspecified atom stereocenters. The van der Waals surface area contributed by atoms with E-state index < -0.39 is 43.2 Å². The lowest BCUT2D eigenvalue weighted by atomic mass is 9.90. The number of benzene rings is 1. The molecule has 2 N–H and O–H groups in total. The molecule has 1 fully saturated rings. The average Bonchev–Trinajstić information content (AvgIpc) is 3.26. The third-order valence-electron chi connectivity index (χ3n) is 5.72. The number of aliphatic hydroxyl groups excluding tert-OH is 2. The van der Waals surface area contributed by atoms with Gasteiger partial charge in [0.1, 0.15) is 43.0 Å². The van der Waals surface area contributed by atoms with Crippen LogP contribution in [0.2, 0.25) is 5.02 Å². The summed E-state index contributed by atoms with van der Waals surface area (Å²) in [4.78, 5) is 8.38. The maximum atomic E-state index is 14.4. The fourth-order valence-electron chi connectivity index (χ4n) is 4.20. The Morgan fingerprint density at radius 1 is 1.20 bits per heavy atom. The van der Waals surface area contributed by atoms with Crippen LogP contribution in [-0.4, -0.2) is 49.7 Å². The first-order valence-corrected chi connectivity index (χ1v) is 9.75. The minimum absolute atomic E-state index is 0.170. The molecule has 10 heteroatoms. The average molecular weight is 438 g/mol. The van der Waals surface area contributed by atoms with Gasteiger partial charge in [-0.05, 0) is 30.7 Å². The predicted molar refractivity (Wildman–Crippen MR) is 102 cm³/mol. The van der Waals surface area contributed by atoms with E-state index >= 15 is 0 Å². The molecule has 0 saturated carbocycles. The number of aromatic nitrogens is 3. The molecule has 0 spiro atoms. The number of alkyl halides is 2. The fourth-order valence-corrected chi connectivity index (χ4v) is 4.37. The van der Waals surface area contributed by atoms with E-state index in [1.165, 1.54) is 24.5 Å². The second kappa shape index (κ2) is 6.93. The Balaban J connectivity index is 1.52. The third-order valence-corrected chi connectivity index (χ3v) is 5.95. The maximum absolute atomic E-state index is 14.4. The summed E-state index contributed by atoms with van der Waals surface area (Å²) in [6.07, 6.45) is -2.64. The molecular formula is C20H18ClF2N3O4. The van der Waals surface area contributed by atoms with Crippen molar-refractivity contribution in [3.05, 3.63) is 58.6 Å². The Labute approximate surface area is 174 Å². The number of ether oxygens (including phenoxy) is 2. The molecule has 7 nitrogen and oxygen atoms in total. The molecule has 1 aromatic carbocycles.